The second-order valence-electron chi connectivity index (χ2n) is 13.4. The average Bonchev–Trinajstić information content (AvgIpc) is 3.60. The summed E-state index contributed by atoms with van der Waals surface area (Å²) >= 11 is 6.15. The number of allylic oxidation sites excluding steroid dienone is 2. The molecule has 1 amide bonds. The van der Waals surface area contributed by atoms with Crippen molar-refractivity contribution in [3.63, 3.8) is 0 Å². The van der Waals surface area contributed by atoms with Crippen molar-refractivity contribution in [1.82, 2.24) is 9.47 Å². The number of hydrogen-bond donors (Lipinski definition) is 1. The van der Waals surface area contributed by atoms with Gasteiger partial charge in [-0.1, -0.05) is 53.3 Å². The van der Waals surface area contributed by atoms with Crippen molar-refractivity contribution in [3.8, 4) is 17.2 Å². The summed E-state index contributed by atoms with van der Waals surface area (Å²) in [6.07, 6.45) is 3.18. The molecule has 1 fully saturated rings. The van der Waals surface area contributed by atoms with Crippen molar-refractivity contribution in [2.75, 3.05) is 58.0 Å². The predicted molar refractivity (Wildman–Crippen MR) is 211 cm³/mol. The molecule has 0 aliphatic carbocycles. The number of para-hydroxylation sites is 1. The number of hydrogen-bond acceptors (Lipinski definition) is 11. The van der Waals surface area contributed by atoms with Crippen LogP contribution in [0.2, 0.25) is 5.02 Å². The summed E-state index contributed by atoms with van der Waals surface area (Å²) in [5.41, 5.74) is 3.24. The number of methoxy groups -OCH3 is 1. The number of benzene rings is 3. The molecule has 0 unspecified atom stereocenters. The third-order valence-corrected chi connectivity index (χ3v) is 10.3. The van der Waals surface area contributed by atoms with Crippen LogP contribution in [0.4, 0.5) is 5.69 Å². The standard InChI is InChI=1S/C23H31NO7.C19H17ClN2O3.Na/c1-15(5-7-19(25)30-13-10-24-8-11-29-12-9-24)4-6-17-21(26)20-18(14-31-23(20)27)16(2)22(17)28-3;1-3-22(12-8-5-4-6-9-12)19(25)16-17(23)15-13(20)10-7-11-14(15)21(2)18(16)24;/h4,26H,5-14H2,1-3H3;4-11,23H,3H2,1-2H3;/q;;+1/p-1/b15-4+;;. The van der Waals surface area contributed by atoms with Gasteiger partial charge in [0.15, 0.2) is 0 Å². The molecule has 0 saturated carbocycles. The van der Waals surface area contributed by atoms with Gasteiger partial charge in [0.1, 0.15) is 30.3 Å². The van der Waals surface area contributed by atoms with Crippen LogP contribution in [0.15, 0.2) is 65.0 Å². The van der Waals surface area contributed by atoms with Crippen LogP contribution in [0.5, 0.6) is 17.2 Å². The molecule has 13 nitrogen and oxygen atoms in total. The summed E-state index contributed by atoms with van der Waals surface area (Å²) in [5.74, 6) is -1.53. The summed E-state index contributed by atoms with van der Waals surface area (Å²) in [6, 6.07) is 13.8. The van der Waals surface area contributed by atoms with Gasteiger partial charge in [-0.25, -0.2) is 4.79 Å². The molecule has 298 valence electrons. The summed E-state index contributed by atoms with van der Waals surface area (Å²) in [6.45, 7) is 10.3. The Morgan fingerprint density at radius 2 is 1.77 bits per heavy atom. The first-order valence-electron chi connectivity index (χ1n) is 18.4. The first-order chi connectivity index (χ1) is 26.9. The topological polar surface area (TPSA) is 160 Å². The van der Waals surface area contributed by atoms with E-state index in [9.17, 15) is 29.4 Å². The van der Waals surface area contributed by atoms with E-state index in [4.69, 9.17) is 30.5 Å². The molecule has 0 spiro atoms. The third kappa shape index (κ3) is 10.4. The molecular formula is C42H47ClN3NaO10. The van der Waals surface area contributed by atoms with Gasteiger partial charge >= 0.3 is 41.5 Å². The maximum absolute atomic E-state index is 13.0. The van der Waals surface area contributed by atoms with Gasteiger partial charge in [0.2, 0.25) is 0 Å². The van der Waals surface area contributed by atoms with Gasteiger partial charge in [-0.15, -0.1) is 0 Å². The molecule has 1 N–H and O–H groups in total. The number of fused-ring (bicyclic) bond motifs is 2. The number of pyridine rings is 1. The smallest absolute Gasteiger partial charge is 0.871 e. The largest absolute Gasteiger partial charge is 1.00 e. The van der Waals surface area contributed by atoms with Gasteiger partial charge < -0.3 is 38.6 Å². The number of aromatic hydroxyl groups is 1. The van der Waals surface area contributed by atoms with Gasteiger partial charge in [0, 0.05) is 66.9 Å². The number of aryl methyl sites for hydroxylation is 1. The molecule has 15 heteroatoms. The number of anilines is 1. The average molecular weight is 812 g/mol. The van der Waals surface area contributed by atoms with Crippen molar-refractivity contribution in [2.45, 2.75) is 46.6 Å². The molecule has 3 aromatic carbocycles. The number of rotatable bonds is 12. The van der Waals surface area contributed by atoms with Crippen LogP contribution in [-0.2, 0) is 39.1 Å². The van der Waals surface area contributed by atoms with Crippen molar-refractivity contribution in [1.29, 1.82) is 0 Å². The summed E-state index contributed by atoms with van der Waals surface area (Å²) in [7, 11) is 3.06. The van der Waals surface area contributed by atoms with E-state index in [1.165, 1.54) is 16.5 Å². The minimum atomic E-state index is -0.636. The maximum atomic E-state index is 13.0. The normalized spacial score (nSPS) is 13.9. The van der Waals surface area contributed by atoms with Gasteiger partial charge in [-0.3, -0.25) is 19.3 Å². The second kappa shape index (κ2) is 20.9. The van der Waals surface area contributed by atoms with Gasteiger partial charge in [0.05, 0.1) is 31.4 Å². The van der Waals surface area contributed by atoms with Crippen LogP contribution in [0.25, 0.3) is 10.9 Å². The number of morpholine rings is 1. The molecule has 0 bridgehead atoms. The van der Waals surface area contributed by atoms with Crippen molar-refractivity contribution < 1.29 is 73.1 Å². The van der Waals surface area contributed by atoms with Gasteiger partial charge in [0.25, 0.3) is 11.5 Å². The molecular weight excluding hydrogens is 765 g/mol. The van der Waals surface area contributed by atoms with Crippen LogP contribution in [-0.4, -0.2) is 85.5 Å². The van der Waals surface area contributed by atoms with E-state index >= 15 is 0 Å². The first-order valence-corrected chi connectivity index (χ1v) is 18.8. The molecule has 4 aromatic rings. The molecule has 1 saturated heterocycles. The van der Waals surface area contributed by atoms with Crippen LogP contribution in [0.1, 0.15) is 64.1 Å². The molecule has 2 aliphatic rings. The van der Waals surface area contributed by atoms with Crippen molar-refractivity contribution in [2.24, 2.45) is 7.05 Å². The maximum Gasteiger partial charge on any atom is 1.00 e. The van der Waals surface area contributed by atoms with Crippen LogP contribution in [0.3, 0.4) is 0 Å². The zero-order valence-corrected chi connectivity index (χ0v) is 36.1. The number of carbonyl (C=O) groups is 3. The molecule has 0 atom stereocenters. The Hall–Kier alpha value is -4.37. The Morgan fingerprint density at radius 3 is 2.44 bits per heavy atom. The number of phenolic OH excluding ortho intramolecular Hbond substituents is 1. The fraction of sp³-hybridized carbons (Fsp3) is 0.381. The van der Waals surface area contributed by atoms with E-state index in [2.05, 4.69) is 4.90 Å². The molecule has 3 heterocycles. The van der Waals surface area contributed by atoms with E-state index in [1.807, 2.05) is 26.0 Å². The Bertz CT molecular complexity index is 2190. The van der Waals surface area contributed by atoms with Crippen molar-refractivity contribution >= 4 is 46.0 Å². The number of nitrogens with zero attached hydrogens (tertiary/aromatic N) is 3. The number of esters is 2. The number of ether oxygens (including phenoxy) is 4. The Labute approximate surface area is 359 Å². The number of carbonyl (C=O) groups excluding carboxylic acids is 3. The second-order valence-corrected chi connectivity index (χ2v) is 13.8. The van der Waals surface area contributed by atoms with E-state index in [0.717, 1.165) is 44.0 Å². The molecule has 6 rings (SSSR count). The third-order valence-electron chi connectivity index (χ3n) is 9.97. The molecule has 2 aliphatic heterocycles. The summed E-state index contributed by atoms with van der Waals surface area (Å²) in [4.78, 5) is 53.3. The molecule has 0 radical (unpaired) electrons. The van der Waals surface area contributed by atoms with E-state index in [1.54, 1.807) is 56.5 Å². The predicted octanol–water partition coefficient (Wildman–Crippen LogP) is 2.46. The zero-order valence-electron chi connectivity index (χ0n) is 33.3. The van der Waals surface area contributed by atoms with E-state index < -0.39 is 28.7 Å². The Balaban J connectivity index is 0.000000254. The number of phenols is 1. The van der Waals surface area contributed by atoms with E-state index in [-0.39, 0.29) is 63.9 Å². The van der Waals surface area contributed by atoms with Gasteiger partial charge in [-0.05, 0) is 63.4 Å². The number of halogens is 1. The fourth-order valence-electron chi connectivity index (χ4n) is 6.78. The summed E-state index contributed by atoms with van der Waals surface area (Å²) in [5, 5.41) is 23.9. The number of aromatic nitrogens is 1. The summed E-state index contributed by atoms with van der Waals surface area (Å²) < 4.78 is 22.5. The number of amides is 1. The van der Waals surface area contributed by atoms with Crippen LogP contribution < -0.4 is 49.9 Å². The van der Waals surface area contributed by atoms with Crippen molar-refractivity contribution in [3.05, 3.63) is 103 Å². The first kappa shape index (κ1) is 45.3. The SMILES string of the molecule is CCN(C(=O)c1c([O-])c2c(Cl)cccc2n(C)c1=O)c1ccccc1.COc1c(C)c2c(c(O)c1C/C=C(\C)CCC(=O)OCCN1CCOCC1)C(=O)OC2.[Na+]. The Kier molecular flexibility index (Phi) is 16.6. The zero-order chi connectivity index (χ0) is 40.5. The Morgan fingerprint density at radius 1 is 1.07 bits per heavy atom. The number of cyclic esters (lactones) is 1. The van der Waals surface area contributed by atoms with E-state index in [0.29, 0.717) is 60.5 Å². The minimum Gasteiger partial charge on any atom is -0.871 e. The minimum absolute atomic E-state index is 0. The molecule has 57 heavy (non-hydrogen) atoms. The van der Waals surface area contributed by atoms with Crippen LogP contribution in [0, 0.1) is 6.92 Å². The quantitative estimate of drug-likeness (QED) is 0.127. The molecule has 1 aromatic heterocycles. The van der Waals surface area contributed by atoms with Gasteiger partial charge in [-0.2, -0.15) is 0 Å². The monoisotopic (exact) mass is 811 g/mol. The fourth-order valence-corrected chi connectivity index (χ4v) is 7.04. The van der Waals surface area contributed by atoms with Crippen LogP contribution >= 0.6 is 11.6 Å².